The van der Waals surface area contributed by atoms with E-state index in [-0.39, 0.29) is 18.1 Å². The Morgan fingerprint density at radius 3 is 2.52 bits per heavy atom. The van der Waals surface area contributed by atoms with Crippen molar-refractivity contribution in [3.8, 4) is 6.07 Å². The molecule has 1 aliphatic carbocycles. The molecule has 27 heavy (non-hydrogen) atoms. The fourth-order valence-corrected chi connectivity index (χ4v) is 3.50. The highest BCUT2D eigenvalue weighted by atomic mass is 16.6. The molecule has 0 aromatic heterocycles. The van der Waals surface area contributed by atoms with Crippen molar-refractivity contribution in [1.29, 1.82) is 5.26 Å². The summed E-state index contributed by atoms with van der Waals surface area (Å²) in [7, 11) is 0. The van der Waals surface area contributed by atoms with Crippen LogP contribution in [0.1, 0.15) is 28.8 Å². The minimum Gasteiger partial charge on any atom is -0.465 e. The van der Waals surface area contributed by atoms with Gasteiger partial charge in [0.25, 0.3) is 5.69 Å². The SMILES string of the molecule is CCOC(=O)[C@]1(C#N)[C@H](C(=O)c2ccccc2)[C@H]1c1cccc([N+](=O)[O-])c1. The summed E-state index contributed by atoms with van der Waals surface area (Å²) in [5.74, 6) is -2.89. The van der Waals surface area contributed by atoms with Crippen LogP contribution >= 0.6 is 0 Å². The normalized spacial score (nSPS) is 23.1. The first-order chi connectivity index (χ1) is 13.0. The van der Waals surface area contributed by atoms with Gasteiger partial charge in [-0.2, -0.15) is 5.26 Å². The number of hydrogen-bond donors (Lipinski definition) is 0. The van der Waals surface area contributed by atoms with Gasteiger partial charge in [0.05, 0.1) is 23.5 Å². The van der Waals surface area contributed by atoms with Crippen LogP contribution in [0.2, 0.25) is 0 Å². The summed E-state index contributed by atoms with van der Waals surface area (Å²) in [4.78, 5) is 36.1. The molecule has 0 amide bonds. The molecule has 7 nitrogen and oxygen atoms in total. The first kappa shape index (κ1) is 18.3. The third kappa shape index (κ3) is 2.95. The van der Waals surface area contributed by atoms with Crippen molar-refractivity contribution in [2.24, 2.45) is 11.3 Å². The van der Waals surface area contributed by atoms with Gasteiger partial charge in [-0.3, -0.25) is 19.7 Å². The molecular formula is C20H16N2O5. The number of esters is 1. The van der Waals surface area contributed by atoms with Gasteiger partial charge < -0.3 is 4.74 Å². The molecular weight excluding hydrogens is 348 g/mol. The second-order valence-electron chi connectivity index (χ2n) is 6.24. The zero-order chi connectivity index (χ0) is 19.6. The number of Topliss-reactive ketones (excluding diaryl/α,β-unsaturated/α-hetero) is 1. The topological polar surface area (TPSA) is 110 Å². The zero-order valence-corrected chi connectivity index (χ0v) is 14.5. The summed E-state index contributed by atoms with van der Waals surface area (Å²) in [6.07, 6.45) is 0. The van der Waals surface area contributed by atoms with Crippen molar-refractivity contribution in [2.45, 2.75) is 12.8 Å². The van der Waals surface area contributed by atoms with E-state index in [2.05, 4.69) is 0 Å². The summed E-state index contributed by atoms with van der Waals surface area (Å²) in [5, 5.41) is 20.9. The summed E-state index contributed by atoms with van der Waals surface area (Å²) in [6, 6.07) is 16.0. The van der Waals surface area contributed by atoms with Crippen LogP contribution in [-0.4, -0.2) is 23.3 Å². The molecule has 7 heteroatoms. The number of benzene rings is 2. The van der Waals surface area contributed by atoms with E-state index in [0.29, 0.717) is 11.1 Å². The number of nitriles is 1. The maximum Gasteiger partial charge on any atom is 0.327 e. The molecule has 3 atom stereocenters. The van der Waals surface area contributed by atoms with E-state index in [1.165, 1.54) is 18.2 Å². The van der Waals surface area contributed by atoms with Crippen LogP contribution in [0.4, 0.5) is 5.69 Å². The third-order valence-corrected chi connectivity index (χ3v) is 4.78. The van der Waals surface area contributed by atoms with Crippen LogP contribution in [0, 0.1) is 32.8 Å². The highest BCUT2D eigenvalue weighted by molar-refractivity contribution is 6.07. The number of nitrogens with zero attached hydrogens (tertiary/aromatic N) is 2. The number of hydrogen-bond acceptors (Lipinski definition) is 6. The zero-order valence-electron chi connectivity index (χ0n) is 14.5. The standard InChI is InChI=1S/C20H16N2O5/c1-2-27-19(24)20(12-21)16(14-9-6-10-15(11-14)22(25)26)17(20)18(23)13-7-4-3-5-8-13/h3-11,16-17H,2H2,1H3/t16-,17+,20+/m1/s1. The minimum absolute atomic E-state index is 0.0656. The molecule has 1 aliphatic rings. The number of carbonyl (C=O) groups excluding carboxylic acids is 2. The van der Waals surface area contributed by atoms with Crippen LogP contribution < -0.4 is 0 Å². The molecule has 3 rings (SSSR count). The lowest BCUT2D eigenvalue weighted by molar-refractivity contribution is -0.384. The van der Waals surface area contributed by atoms with Crippen molar-refractivity contribution in [3.63, 3.8) is 0 Å². The van der Waals surface area contributed by atoms with Crippen molar-refractivity contribution >= 4 is 17.4 Å². The Morgan fingerprint density at radius 2 is 1.93 bits per heavy atom. The van der Waals surface area contributed by atoms with Crippen LogP contribution in [0.5, 0.6) is 0 Å². The number of ether oxygens (including phenoxy) is 1. The van der Waals surface area contributed by atoms with Crippen LogP contribution in [0.15, 0.2) is 54.6 Å². The largest absolute Gasteiger partial charge is 0.465 e. The van der Waals surface area contributed by atoms with E-state index in [1.54, 1.807) is 43.3 Å². The van der Waals surface area contributed by atoms with Crippen LogP contribution in [-0.2, 0) is 9.53 Å². The van der Waals surface area contributed by atoms with Gasteiger partial charge in [0.1, 0.15) is 0 Å². The number of carbonyl (C=O) groups is 2. The Kier molecular flexibility index (Phi) is 4.74. The van der Waals surface area contributed by atoms with Gasteiger partial charge in [-0.1, -0.05) is 42.5 Å². The number of rotatable bonds is 6. The van der Waals surface area contributed by atoms with Crippen molar-refractivity contribution < 1.29 is 19.2 Å². The summed E-state index contributed by atoms with van der Waals surface area (Å²) < 4.78 is 5.06. The summed E-state index contributed by atoms with van der Waals surface area (Å²) in [5.41, 5.74) is -1.08. The van der Waals surface area contributed by atoms with E-state index in [4.69, 9.17) is 4.74 Å². The summed E-state index contributed by atoms with van der Waals surface area (Å²) in [6.45, 7) is 1.68. The van der Waals surface area contributed by atoms with Crippen LogP contribution in [0.25, 0.3) is 0 Å². The van der Waals surface area contributed by atoms with Crippen molar-refractivity contribution in [3.05, 3.63) is 75.8 Å². The average molecular weight is 364 g/mol. The number of nitro groups is 1. The first-order valence-electron chi connectivity index (χ1n) is 8.39. The monoisotopic (exact) mass is 364 g/mol. The molecule has 0 N–H and O–H groups in total. The average Bonchev–Trinajstić information content (AvgIpc) is 3.38. The smallest absolute Gasteiger partial charge is 0.327 e. The maximum absolute atomic E-state index is 13.0. The highest BCUT2D eigenvalue weighted by Gasteiger charge is 2.75. The molecule has 0 spiro atoms. The Balaban J connectivity index is 2.07. The predicted molar refractivity (Wildman–Crippen MR) is 94.8 cm³/mol. The molecule has 0 saturated heterocycles. The molecule has 0 unspecified atom stereocenters. The van der Waals surface area contributed by atoms with E-state index >= 15 is 0 Å². The maximum atomic E-state index is 13.0. The van der Waals surface area contributed by atoms with Gasteiger partial charge >= 0.3 is 5.97 Å². The molecule has 136 valence electrons. The van der Waals surface area contributed by atoms with Gasteiger partial charge in [0, 0.05) is 23.6 Å². The highest BCUT2D eigenvalue weighted by Crippen LogP contribution is 2.66. The Labute approximate surface area is 155 Å². The van der Waals surface area contributed by atoms with Gasteiger partial charge in [-0.25, -0.2) is 0 Å². The fourth-order valence-electron chi connectivity index (χ4n) is 3.50. The van der Waals surface area contributed by atoms with E-state index in [9.17, 15) is 25.0 Å². The van der Waals surface area contributed by atoms with E-state index in [1.807, 2.05) is 6.07 Å². The lowest BCUT2D eigenvalue weighted by Crippen LogP contribution is -2.23. The molecule has 2 aromatic carbocycles. The lowest BCUT2D eigenvalue weighted by Gasteiger charge is -2.08. The number of non-ortho nitro benzene ring substituents is 1. The van der Waals surface area contributed by atoms with Gasteiger partial charge in [0.2, 0.25) is 0 Å². The Bertz CT molecular complexity index is 950. The quantitative estimate of drug-likeness (QED) is 0.337. The third-order valence-electron chi connectivity index (χ3n) is 4.78. The van der Waals surface area contributed by atoms with E-state index < -0.39 is 28.1 Å². The predicted octanol–water partition coefficient (Wildman–Crippen LogP) is 3.26. The molecule has 0 aliphatic heterocycles. The Hall–Kier alpha value is -3.53. The second-order valence-corrected chi connectivity index (χ2v) is 6.24. The van der Waals surface area contributed by atoms with Crippen LogP contribution in [0.3, 0.4) is 0 Å². The van der Waals surface area contributed by atoms with Gasteiger partial charge in [0.15, 0.2) is 11.2 Å². The fraction of sp³-hybridized carbons (Fsp3) is 0.250. The molecule has 0 radical (unpaired) electrons. The molecule has 1 saturated carbocycles. The lowest BCUT2D eigenvalue weighted by atomic mass is 9.99. The second kappa shape index (κ2) is 7.00. The van der Waals surface area contributed by atoms with E-state index in [0.717, 1.165) is 0 Å². The first-order valence-corrected chi connectivity index (χ1v) is 8.39. The summed E-state index contributed by atoms with van der Waals surface area (Å²) >= 11 is 0. The molecule has 0 bridgehead atoms. The Morgan fingerprint density at radius 1 is 1.22 bits per heavy atom. The van der Waals surface area contributed by atoms with Gasteiger partial charge in [-0.05, 0) is 12.5 Å². The molecule has 0 heterocycles. The molecule has 1 fully saturated rings. The minimum atomic E-state index is -1.68. The number of ketones is 1. The molecule has 2 aromatic rings. The van der Waals surface area contributed by atoms with Crippen molar-refractivity contribution in [1.82, 2.24) is 0 Å². The number of nitro benzene ring substituents is 1. The van der Waals surface area contributed by atoms with Crippen molar-refractivity contribution in [2.75, 3.05) is 6.61 Å². The van der Waals surface area contributed by atoms with Gasteiger partial charge in [-0.15, -0.1) is 0 Å².